The van der Waals surface area contributed by atoms with E-state index in [1.54, 1.807) is 12.4 Å². The van der Waals surface area contributed by atoms with Gasteiger partial charge >= 0.3 is 0 Å². The Hall–Kier alpha value is -1.71. The normalized spacial score (nSPS) is 15.1. The zero-order chi connectivity index (χ0) is 7.52. The number of nitrogens with one attached hydrogen (secondary N) is 3. The second kappa shape index (κ2) is 2.49. The fourth-order valence-corrected chi connectivity index (χ4v) is 0.904. The third kappa shape index (κ3) is 1.10. The summed E-state index contributed by atoms with van der Waals surface area (Å²) in [5, 5.41) is 0. The van der Waals surface area contributed by atoms with Crippen LogP contribution in [-0.4, -0.2) is 9.97 Å². The molecule has 1 aliphatic rings. The minimum atomic E-state index is 0.835. The number of H-pyrrole nitrogens is 1. The van der Waals surface area contributed by atoms with Crippen LogP contribution in [0, 0.1) is 0 Å². The van der Waals surface area contributed by atoms with Gasteiger partial charge in [-0.25, -0.2) is 4.98 Å². The number of aromatic nitrogens is 2. The summed E-state index contributed by atoms with van der Waals surface area (Å²) in [4.78, 5) is 7.07. The molecule has 56 valence electrons. The maximum atomic E-state index is 4.08. The zero-order valence-corrected chi connectivity index (χ0v) is 5.83. The Balaban J connectivity index is 2.29. The Bertz CT molecular complexity index is 283. The second-order valence-corrected chi connectivity index (χ2v) is 2.15. The van der Waals surface area contributed by atoms with Crippen LogP contribution >= 0.6 is 0 Å². The average Bonchev–Trinajstić information content (AvgIpc) is 2.58. The highest BCUT2D eigenvalue weighted by Gasteiger charge is 2.02. The summed E-state index contributed by atoms with van der Waals surface area (Å²) >= 11 is 0. The fourth-order valence-electron chi connectivity index (χ4n) is 0.904. The van der Waals surface area contributed by atoms with Crippen LogP contribution in [0.25, 0.3) is 5.70 Å². The molecule has 1 aliphatic heterocycles. The Morgan fingerprint density at radius 1 is 1.36 bits per heavy atom. The number of nitrogens with zero attached hydrogens (tertiary/aromatic N) is 1. The molecule has 3 N–H and O–H groups in total. The predicted octanol–water partition coefficient (Wildman–Crippen LogP) is 0.372. The monoisotopic (exact) mass is 148 g/mol. The Morgan fingerprint density at radius 2 is 2.36 bits per heavy atom. The van der Waals surface area contributed by atoms with Crippen molar-refractivity contribution in [1.82, 2.24) is 20.8 Å². The van der Waals surface area contributed by atoms with E-state index in [4.69, 9.17) is 0 Å². The topological polar surface area (TPSA) is 52.7 Å². The third-order valence-corrected chi connectivity index (χ3v) is 1.40. The number of imidazole rings is 1. The van der Waals surface area contributed by atoms with E-state index in [0.29, 0.717) is 0 Å². The van der Waals surface area contributed by atoms with Crippen LogP contribution in [-0.2, 0) is 0 Å². The maximum Gasteiger partial charge on any atom is 0.155 e. The molecule has 4 heteroatoms. The van der Waals surface area contributed by atoms with Crippen molar-refractivity contribution in [3.63, 3.8) is 0 Å². The number of hydrogen-bond donors (Lipinski definition) is 3. The van der Waals surface area contributed by atoms with Gasteiger partial charge < -0.3 is 10.4 Å². The van der Waals surface area contributed by atoms with Crippen molar-refractivity contribution in [3.05, 3.63) is 36.6 Å². The average molecular weight is 148 g/mol. The maximum absolute atomic E-state index is 4.08. The van der Waals surface area contributed by atoms with E-state index in [1.807, 2.05) is 18.4 Å². The van der Waals surface area contributed by atoms with Gasteiger partial charge in [0, 0.05) is 18.6 Å². The van der Waals surface area contributed by atoms with Crippen LogP contribution in [0.3, 0.4) is 0 Å². The Morgan fingerprint density at radius 3 is 3.00 bits per heavy atom. The number of allylic oxidation sites excluding steroid dienone is 2. The van der Waals surface area contributed by atoms with E-state index in [-0.39, 0.29) is 0 Å². The first-order valence-electron chi connectivity index (χ1n) is 3.35. The van der Waals surface area contributed by atoms with Crippen molar-refractivity contribution in [3.8, 4) is 0 Å². The highest BCUT2D eigenvalue weighted by atomic mass is 15.4. The molecule has 0 unspecified atom stereocenters. The molecule has 0 spiro atoms. The van der Waals surface area contributed by atoms with E-state index < -0.39 is 0 Å². The lowest BCUT2D eigenvalue weighted by molar-refractivity contribution is 0.779. The molecule has 0 radical (unpaired) electrons. The van der Waals surface area contributed by atoms with Crippen LogP contribution in [0.2, 0.25) is 0 Å². The smallest absolute Gasteiger partial charge is 0.155 e. The van der Waals surface area contributed by atoms with Gasteiger partial charge in [0.05, 0.1) is 5.70 Å². The summed E-state index contributed by atoms with van der Waals surface area (Å²) in [6, 6.07) is 0. The van der Waals surface area contributed by atoms with Crippen LogP contribution in [0.1, 0.15) is 5.82 Å². The van der Waals surface area contributed by atoms with Gasteiger partial charge in [0.2, 0.25) is 0 Å². The van der Waals surface area contributed by atoms with Crippen LogP contribution in [0.4, 0.5) is 0 Å². The van der Waals surface area contributed by atoms with Crippen LogP contribution < -0.4 is 10.9 Å². The van der Waals surface area contributed by atoms with Crippen molar-refractivity contribution in [2.24, 2.45) is 0 Å². The Kier molecular flexibility index (Phi) is 1.37. The highest BCUT2D eigenvalue weighted by Crippen LogP contribution is 2.05. The van der Waals surface area contributed by atoms with Crippen molar-refractivity contribution in [2.45, 2.75) is 0 Å². The molecule has 0 aliphatic carbocycles. The van der Waals surface area contributed by atoms with Gasteiger partial charge in [-0.15, -0.1) is 0 Å². The molecule has 0 fully saturated rings. The Labute approximate surface area is 64.0 Å². The van der Waals surface area contributed by atoms with Crippen LogP contribution in [0.5, 0.6) is 0 Å². The molecule has 2 heterocycles. The van der Waals surface area contributed by atoms with Gasteiger partial charge in [-0.1, -0.05) is 0 Å². The van der Waals surface area contributed by atoms with Gasteiger partial charge in [0.25, 0.3) is 0 Å². The van der Waals surface area contributed by atoms with Gasteiger partial charge in [-0.3, -0.25) is 5.43 Å². The minimum Gasteiger partial charge on any atom is -0.343 e. The largest absolute Gasteiger partial charge is 0.343 e. The van der Waals surface area contributed by atoms with Gasteiger partial charge in [-0.05, 0) is 12.2 Å². The van der Waals surface area contributed by atoms with E-state index >= 15 is 0 Å². The molecule has 4 nitrogen and oxygen atoms in total. The summed E-state index contributed by atoms with van der Waals surface area (Å²) < 4.78 is 0. The van der Waals surface area contributed by atoms with Gasteiger partial charge in [0.15, 0.2) is 5.82 Å². The molecule has 1 aromatic rings. The van der Waals surface area contributed by atoms with Gasteiger partial charge in [-0.2, -0.15) is 0 Å². The van der Waals surface area contributed by atoms with E-state index in [2.05, 4.69) is 20.8 Å². The highest BCUT2D eigenvalue weighted by molar-refractivity contribution is 5.60. The number of hydrogen-bond acceptors (Lipinski definition) is 3. The van der Waals surface area contributed by atoms with Crippen molar-refractivity contribution >= 4 is 5.70 Å². The van der Waals surface area contributed by atoms with Gasteiger partial charge in [0.1, 0.15) is 0 Å². The fraction of sp³-hybridized carbons (Fsp3) is 0. The van der Waals surface area contributed by atoms with E-state index in [9.17, 15) is 0 Å². The van der Waals surface area contributed by atoms with Crippen molar-refractivity contribution in [2.75, 3.05) is 0 Å². The molecule has 0 aromatic carbocycles. The van der Waals surface area contributed by atoms with Crippen LogP contribution in [0.15, 0.2) is 30.7 Å². The quantitative estimate of drug-likeness (QED) is 0.539. The molecular weight excluding hydrogens is 140 g/mol. The molecule has 2 rings (SSSR count). The molecule has 11 heavy (non-hydrogen) atoms. The van der Waals surface area contributed by atoms with E-state index in [0.717, 1.165) is 11.5 Å². The zero-order valence-electron chi connectivity index (χ0n) is 5.83. The second-order valence-electron chi connectivity index (χ2n) is 2.15. The molecule has 0 saturated carbocycles. The number of rotatable bonds is 1. The lowest BCUT2D eigenvalue weighted by Gasteiger charge is -2.10. The summed E-state index contributed by atoms with van der Waals surface area (Å²) in [5.41, 5.74) is 6.76. The first-order valence-corrected chi connectivity index (χ1v) is 3.35. The first kappa shape index (κ1) is 6.03. The summed E-state index contributed by atoms with van der Waals surface area (Å²) in [5.74, 6) is 0.835. The minimum absolute atomic E-state index is 0.835. The molecule has 0 amide bonds. The molecule has 0 saturated heterocycles. The van der Waals surface area contributed by atoms with Crippen molar-refractivity contribution < 1.29 is 0 Å². The summed E-state index contributed by atoms with van der Waals surface area (Å²) in [7, 11) is 0. The third-order valence-electron chi connectivity index (χ3n) is 1.40. The SMILES string of the molecule is C1=CNNC(c2ncc[nH]2)=C1. The lowest BCUT2D eigenvalue weighted by Crippen LogP contribution is -2.27. The summed E-state index contributed by atoms with van der Waals surface area (Å²) in [6.07, 6.45) is 9.17. The number of aromatic amines is 1. The number of hydrazine groups is 1. The van der Waals surface area contributed by atoms with E-state index in [1.165, 1.54) is 0 Å². The molecule has 0 bridgehead atoms. The standard InChI is InChI=1S/C7H8N4/c1-2-6(11-10-3-1)7-8-4-5-9-7/h1-5,10-11H,(H,8,9). The molecule has 1 aromatic heterocycles. The summed E-state index contributed by atoms with van der Waals surface area (Å²) in [6.45, 7) is 0. The van der Waals surface area contributed by atoms with Crippen molar-refractivity contribution in [1.29, 1.82) is 0 Å². The lowest BCUT2D eigenvalue weighted by atomic mass is 10.3. The molecule has 0 atom stereocenters. The predicted molar refractivity (Wildman–Crippen MR) is 42.0 cm³/mol. The molecular formula is C7H8N4. The first-order chi connectivity index (χ1) is 5.47.